The van der Waals surface area contributed by atoms with Gasteiger partial charge in [-0.1, -0.05) is 36.4 Å². The van der Waals surface area contributed by atoms with Crippen molar-refractivity contribution in [3.05, 3.63) is 60.4 Å². The van der Waals surface area contributed by atoms with Crippen LogP contribution in [0.4, 0.5) is 0 Å². The first kappa shape index (κ1) is 20.2. The predicted molar refractivity (Wildman–Crippen MR) is 107 cm³/mol. The molecule has 0 fully saturated rings. The fourth-order valence-corrected chi connectivity index (χ4v) is 2.77. The molecule has 2 aromatic carbocycles. The highest BCUT2D eigenvalue weighted by molar-refractivity contribution is 5.85. The van der Waals surface area contributed by atoms with Crippen molar-refractivity contribution in [2.24, 2.45) is 0 Å². The lowest BCUT2D eigenvalue weighted by atomic mass is 10.1. The van der Waals surface area contributed by atoms with Crippen molar-refractivity contribution in [2.45, 2.75) is 31.9 Å². The summed E-state index contributed by atoms with van der Waals surface area (Å²) in [5.74, 6) is 0.690. The molecule has 140 valence electrons. The zero-order valence-corrected chi connectivity index (χ0v) is 15.7. The number of H-pyrrole nitrogens is 1. The molecule has 0 amide bonds. The monoisotopic (exact) mass is 375 g/mol. The lowest BCUT2D eigenvalue weighted by Gasteiger charge is -2.17. The number of aromatic nitrogens is 2. The van der Waals surface area contributed by atoms with Crippen LogP contribution in [0.2, 0.25) is 0 Å². The van der Waals surface area contributed by atoms with Crippen molar-refractivity contribution in [3.8, 4) is 5.75 Å². The standard InChI is InChI=1S/C20H25N3O2.ClH/c1-15(10-11-16-6-3-2-4-7-16)21-12-17(24)13-25-19-9-5-8-18-20(19)23-14-22-18;/h2-9,14-15,17,21,24H,10-13H2,1H3,(H,22,23);1H. The van der Waals surface area contributed by atoms with E-state index in [0.29, 0.717) is 18.3 Å². The third kappa shape index (κ3) is 5.73. The van der Waals surface area contributed by atoms with Crippen molar-refractivity contribution < 1.29 is 9.84 Å². The number of imidazole rings is 1. The van der Waals surface area contributed by atoms with Gasteiger partial charge >= 0.3 is 0 Å². The minimum atomic E-state index is -0.562. The number of para-hydroxylation sites is 1. The van der Waals surface area contributed by atoms with Crippen molar-refractivity contribution in [3.63, 3.8) is 0 Å². The Labute approximate surface area is 160 Å². The molecule has 0 spiro atoms. The van der Waals surface area contributed by atoms with Crippen LogP contribution in [-0.2, 0) is 6.42 Å². The van der Waals surface area contributed by atoms with Gasteiger partial charge in [0, 0.05) is 12.6 Å². The van der Waals surface area contributed by atoms with E-state index in [1.165, 1.54) is 5.56 Å². The number of hydrogen-bond acceptors (Lipinski definition) is 4. The second-order valence-electron chi connectivity index (χ2n) is 6.35. The molecule has 6 heteroatoms. The summed E-state index contributed by atoms with van der Waals surface area (Å²) in [6.07, 6.45) is 3.14. The summed E-state index contributed by atoms with van der Waals surface area (Å²) in [5.41, 5.74) is 3.06. The number of aromatic amines is 1. The zero-order valence-electron chi connectivity index (χ0n) is 14.9. The second-order valence-corrected chi connectivity index (χ2v) is 6.35. The van der Waals surface area contributed by atoms with Crippen molar-refractivity contribution in [1.82, 2.24) is 15.3 Å². The Balaban J connectivity index is 0.00000243. The van der Waals surface area contributed by atoms with E-state index in [2.05, 4.69) is 46.5 Å². The van der Waals surface area contributed by atoms with Crippen LogP contribution in [-0.4, -0.2) is 40.4 Å². The molecule has 3 N–H and O–H groups in total. The molecule has 0 aliphatic heterocycles. The number of ether oxygens (including phenoxy) is 1. The quantitative estimate of drug-likeness (QED) is 0.536. The van der Waals surface area contributed by atoms with Crippen LogP contribution in [0.3, 0.4) is 0 Å². The van der Waals surface area contributed by atoms with E-state index in [-0.39, 0.29) is 19.0 Å². The molecule has 5 nitrogen and oxygen atoms in total. The Bertz CT molecular complexity index is 779. The Morgan fingerprint density at radius 3 is 2.77 bits per heavy atom. The average Bonchev–Trinajstić information content (AvgIpc) is 3.13. The Morgan fingerprint density at radius 2 is 1.96 bits per heavy atom. The fraction of sp³-hybridized carbons (Fsp3) is 0.350. The van der Waals surface area contributed by atoms with E-state index in [1.807, 2.05) is 24.3 Å². The molecular formula is C20H26ClN3O2. The number of aliphatic hydroxyl groups excluding tert-OH is 1. The van der Waals surface area contributed by atoms with Gasteiger partial charge < -0.3 is 20.1 Å². The van der Waals surface area contributed by atoms with Crippen molar-refractivity contribution in [2.75, 3.05) is 13.2 Å². The molecule has 26 heavy (non-hydrogen) atoms. The topological polar surface area (TPSA) is 70.2 Å². The van der Waals surface area contributed by atoms with Gasteiger partial charge in [0.25, 0.3) is 0 Å². The number of nitrogens with zero attached hydrogens (tertiary/aromatic N) is 1. The largest absolute Gasteiger partial charge is 0.488 e. The SMILES string of the molecule is CC(CCc1ccccc1)NCC(O)COc1cccc2[nH]cnc12.Cl. The number of aryl methyl sites for hydroxylation is 1. The maximum atomic E-state index is 10.2. The Morgan fingerprint density at radius 1 is 1.15 bits per heavy atom. The number of rotatable bonds is 9. The van der Waals surface area contributed by atoms with Crippen molar-refractivity contribution >= 4 is 23.4 Å². The molecule has 0 saturated heterocycles. The number of halogens is 1. The molecule has 0 saturated carbocycles. The van der Waals surface area contributed by atoms with Gasteiger partial charge in [-0.2, -0.15) is 0 Å². The van der Waals surface area contributed by atoms with E-state index in [4.69, 9.17) is 4.74 Å². The number of fused-ring (bicyclic) bond motifs is 1. The fourth-order valence-electron chi connectivity index (χ4n) is 2.77. The summed E-state index contributed by atoms with van der Waals surface area (Å²) in [5, 5.41) is 13.5. The minimum Gasteiger partial charge on any atom is -0.488 e. The summed E-state index contributed by atoms with van der Waals surface area (Å²) in [6.45, 7) is 2.89. The lowest BCUT2D eigenvalue weighted by molar-refractivity contribution is 0.104. The normalized spacial score (nSPS) is 13.2. The highest BCUT2D eigenvalue weighted by Gasteiger charge is 2.10. The average molecular weight is 376 g/mol. The van der Waals surface area contributed by atoms with E-state index < -0.39 is 6.10 Å². The highest BCUT2D eigenvalue weighted by Crippen LogP contribution is 2.22. The summed E-state index contributed by atoms with van der Waals surface area (Å²) >= 11 is 0. The van der Waals surface area contributed by atoms with Gasteiger partial charge in [0.05, 0.1) is 11.8 Å². The van der Waals surface area contributed by atoms with E-state index in [0.717, 1.165) is 23.9 Å². The number of hydrogen-bond donors (Lipinski definition) is 3. The molecule has 2 atom stereocenters. The first-order chi connectivity index (χ1) is 12.2. The Hall–Kier alpha value is -2.08. The molecule has 3 aromatic rings. The zero-order chi connectivity index (χ0) is 17.5. The van der Waals surface area contributed by atoms with Gasteiger partial charge in [0.1, 0.15) is 24.0 Å². The van der Waals surface area contributed by atoms with Gasteiger partial charge in [-0.15, -0.1) is 12.4 Å². The van der Waals surface area contributed by atoms with Crippen LogP contribution in [0.25, 0.3) is 11.0 Å². The highest BCUT2D eigenvalue weighted by atomic mass is 35.5. The van der Waals surface area contributed by atoms with Crippen LogP contribution in [0, 0.1) is 0 Å². The van der Waals surface area contributed by atoms with Gasteiger partial charge in [0.2, 0.25) is 0 Å². The summed E-state index contributed by atoms with van der Waals surface area (Å²) in [6, 6.07) is 16.5. The third-order valence-electron chi connectivity index (χ3n) is 4.25. The summed E-state index contributed by atoms with van der Waals surface area (Å²) in [7, 11) is 0. The molecule has 0 radical (unpaired) electrons. The van der Waals surface area contributed by atoms with Crippen molar-refractivity contribution in [1.29, 1.82) is 0 Å². The number of aliphatic hydroxyl groups is 1. The van der Waals surface area contributed by atoms with Gasteiger partial charge in [-0.25, -0.2) is 4.98 Å². The van der Waals surface area contributed by atoms with Crippen LogP contribution in [0.1, 0.15) is 18.9 Å². The third-order valence-corrected chi connectivity index (χ3v) is 4.25. The summed E-state index contributed by atoms with van der Waals surface area (Å²) in [4.78, 5) is 7.30. The van der Waals surface area contributed by atoms with Crippen LogP contribution >= 0.6 is 12.4 Å². The van der Waals surface area contributed by atoms with Gasteiger partial charge in [0.15, 0.2) is 0 Å². The maximum absolute atomic E-state index is 10.2. The van der Waals surface area contributed by atoms with Gasteiger partial charge in [-0.05, 0) is 37.5 Å². The molecule has 1 heterocycles. The van der Waals surface area contributed by atoms with E-state index in [1.54, 1.807) is 6.33 Å². The first-order valence-corrected chi connectivity index (χ1v) is 8.72. The molecule has 3 rings (SSSR count). The lowest BCUT2D eigenvalue weighted by Crippen LogP contribution is -2.36. The minimum absolute atomic E-state index is 0. The van der Waals surface area contributed by atoms with E-state index in [9.17, 15) is 5.11 Å². The smallest absolute Gasteiger partial charge is 0.147 e. The number of benzene rings is 2. The van der Waals surface area contributed by atoms with Crippen LogP contribution in [0.15, 0.2) is 54.9 Å². The maximum Gasteiger partial charge on any atom is 0.147 e. The molecule has 0 bridgehead atoms. The molecule has 0 aliphatic rings. The second kappa shape index (κ2) is 10.2. The first-order valence-electron chi connectivity index (χ1n) is 8.72. The van der Waals surface area contributed by atoms with Gasteiger partial charge in [-0.3, -0.25) is 0 Å². The molecule has 2 unspecified atom stereocenters. The summed E-state index contributed by atoms with van der Waals surface area (Å²) < 4.78 is 5.73. The van der Waals surface area contributed by atoms with Crippen LogP contribution in [0.5, 0.6) is 5.75 Å². The molecular weight excluding hydrogens is 350 g/mol. The number of nitrogens with one attached hydrogen (secondary N) is 2. The predicted octanol–water partition coefficient (Wildman–Crippen LogP) is 3.34. The Kier molecular flexibility index (Phi) is 7.91. The van der Waals surface area contributed by atoms with E-state index >= 15 is 0 Å². The van der Waals surface area contributed by atoms with Crippen LogP contribution < -0.4 is 10.1 Å². The molecule has 0 aliphatic carbocycles. The molecule has 1 aromatic heterocycles.